The lowest BCUT2D eigenvalue weighted by molar-refractivity contribution is 0.258. The topological polar surface area (TPSA) is 93.4 Å². The fourth-order valence-corrected chi connectivity index (χ4v) is 4.26. The summed E-state index contributed by atoms with van der Waals surface area (Å²) in [5.74, 6) is -3.50. The van der Waals surface area contributed by atoms with Crippen molar-refractivity contribution in [1.29, 1.82) is 0 Å². The Kier molecular flexibility index (Phi) is 5.66. The summed E-state index contributed by atoms with van der Waals surface area (Å²) in [6, 6.07) is 4.94. The minimum Gasteiger partial charge on any atom is -0.496 e. The third-order valence-electron chi connectivity index (χ3n) is 4.75. The van der Waals surface area contributed by atoms with Crippen LogP contribution in [-0.4, -0.2) is 24.2 Å². The predicted octanol–water partition coefficient (Wildman–Crippen LogP) is 3.96. The van der Waals surface area contributed by atoms with Crippen LogP contribution < -0.4 is 25.5 Å². The number of methoxy groups -OCH3 is 2. The summed E-state index contributed by atoms with van der Waals surface area (Å²) in [4.78, 5) is 28.6. The first-order chi connectivity index (χ1) is 15.3. The molecule has 0 atom stereocenters. The van der Waals surface area contributed by atoms with Crippen LogP contribution in [0.15, 0.2) is 39.2 Å². The summed E-state index contributed by atoms with van der Waals surface area (Å²) >= 11 is 1.04. The monoisotopic (exact) mass is 464 g/mol. The van der Waals surface area contributed by atoms with Crippen LogP contribution in [0.2, 0.25) is 0 Å². The standard InChI is InChI=1S/C21H15F3N2O5S/c1-29-13-6-4-11(22)16(23)10(13)7-31-18-14(30-2)5-3-9(17(18)24)19-15-12(8-32-19)25-21(28)26-20(15)27/h3-6,8H,7H2,1-2H3,(H2,25,26,27,28). The van der Waals surface area contributed by atoms with E-state index in [1.54, 1.807) is 0 Å². The van der Waals surface area contributed by atoms with Gasteiger partial charge in [0.15, 0.2) is 29.0 Å². The molecule has 0 saturated carbocycles. The van der Waals surface area contributed by atoms with Gasteiger partial charge in [-0.3, -0.25) is 9.78 Å². The molecule has 0 aliphatic rings. The third-order valence-corrected chi connectivity index (χ3v) is 5.77. The van der Waals surface area contributed by atoms with Crippen LogP contribution in [0.25, 0.3) is 21.3 Å². The summed E-state index contributed by atoms with van der Waals surface area (Å²) in [7, 11) is 2.57. The van der Waals surface area contributed by atoms with Gasteiger partial charge < -0.3 is 19.2 Å². The van der Waals surface area contributed by atoms with Crippen molar-refractivity contribution >= 4 is 22.2 Å². The molecule has 7 nitrogen and oxygen atoms in total. The van der Waals surface area contributed by atoms with Gasteiger partial charge in [-0.2, -0.15) is 0 Å². The molecular formula is C21H15F3N2O5S. The highest BCUT2D eigenvalue weighted by Gasteiger charge is 2.23. The molecule has 0 bridgehead atoms. The first-order valence-electron chi connectivity index (χ1n) is 9.10. The minimum atomic E-state index is -1.18. The Morgan fingerprint density at radius 2 is 1.66 bits per heavy atom. The molecule has 0 fully saturated rings. The van der Waals surface area contributed by atoms with Gasteiger partial charge in [0.05, 0.1) is 35.6 Å². The molecule has 0 amide bonds. The van der Waals surface area contributed by atoms with Gasteiger partial charge in [-0.05, 0) is 24.3 Å². The number of aromatic nitrogens is 2. The molecule has 166 valence electrons. The van der Waals surface area contributed by atoms with Gasteiger partial charge in [-0.25, -0.2) is 18.0 Å². The number of hydrogen-bond donors (Lipinski definition) is 2. The van der Waals surface area contributed by atoms with Gasteiger partial charge in [0.1, 0.15) is 12.4 Å². The van der Waals surface area contributed by atoms with E-state index in [0.29, 0.717) is 0 Å². The van der Waals surface area contributed by atoms with Crippen LogP contribution in [-0.2, 0) is 6.61 Å². The molecule has 32 heavy (non-hydrogen) atoms. The summed E-state index contributed by atoms with van der Waals surface area (Å²) in [5, 5.41) is 1.61. The maximum atomic E-state index is 15.5. The van der Waals surface area contributed by atoms with E-state index in [1.165, 1.54) is 37.8 Å². The Balaban J connectivity index is 1.81. The van der Waals surface area contributed by atoms with Crippen molar-refractivity contribution in [3.63, 3.8) is 0 Å². The predicted molar refractivity (Wildman–Crippen MR) is 112 cm³/mol. The van der Waals surface area contributed by atoms with E-state index in [9.17, 15) is 18.4 Å². The number of thiophene rings is 1. The molecular weight excluding hydrogens is 449 g/mol. The largest absolute Gasteiger partial charge is 0.496 e. The first-order valence-corrected chi connectivity index (χ1v) is 9.98. The molecule has 0 spiro atoms. The number of fused-ring (bicyclic) bond motifs is 1. The molecule has 0 radical (unpaired) electrons. The second-order valence-electron chi connectivity index (χ2n) is 6.55. The van der Waals surface area contributed by atoms with Crippen LogP contribution in [0.3, 0.4) is 0 Å². The van der Waals surface area contributed by atoms with Gasteiger partial charge in [0, 0.05) is 10.9 Å². The van der Waals surface area contributed by atoms with Crippen molar-refractivity contribution in [1.82, 2.24) is 9.97 Å². The SMILES string of the molecule is COc1ccc(F)c(F)c1COc1c(OC)ccc(-c2scc3[nH]c(=O)[nH]c(=O)c23)c1F. The average molecular weight is 464 g/mol. The lowest BCUT2D eigenvalue weighted by Crippen LogP contribution is -2.21. The second-order valence-corrected chi connectivity index (χ2v) is 7.43. The summed E-state index contributed by atoms with van der Waals surface area (Å²) in [5.41, 5.74) is -1.34. The normalized spacial score (nSPS) is 11.0. The third kappa shape index (κ3) is 3.60. The van der Waals surface area contributed by atoms with Crippen LogP contribution in [0.1, 0.15) is 5.56 Å². The van der Waals surface area contributed by atoms with E-state index in [2.05, 4.69) is 9.97 Å². The van der Waals surface area contributed by atoms with Crippen molar-refractivity contribution in [3.05, 3.63) is 73.5 Å². The molecule has 0 aliphatic carbocycles. The molecule has 2 aromatic carbocycles. The fraction of sp³-hybridized carbons (Fsp3) is 0.143. The van der Waals surface area contributed by atoms with Crippen LogP contribution in [0, 0.1) is 17.5 Å². The Hall–Kier alpha value is -3.73. The van der Waals surface area contributed by atoms with Gasteiger partial charge in [0.2, 0.25) is 0 Å². The number of ether oxygens (including phenoxy) is 3. The zero-order chi connectivity index (χ0) is 23.0. The number of nitrogens with one attached hydrogen (secondary N) is 2. The van der Waals surface area contributed by atoms with Crippen molar-refractivity contribution in [2.45, 2.75) is 6.61 Å². The van der Waals surface area contributed by atoms with E-state index < -0.39 is 35.3 Å². The van der Waals surface area contributed by atoms with Gasteiger partial charge in [-0.1, -0.05) is 0 Å². The van der Waals surface area contributed by atoms with Gasteiger partial charge in [0.25, 0.3) is 5.56 Å². The van der Waals surface area contributed by atoms with E-state index in [4.69, 9.17) is 14.2 Å². The average Bonchev–Trinajstić information content (AvgIpc) is 3.19. The number of aromatic amines is 2. The number of H-pyrrole nitrogens is 2. The molecule has 0 unspecified atom stereocenters. The van der Waals surface area contributed by atoms with Crippen LogP contribution in [0.4, 0.5) is 13.2 Å². The fourth-order valence-electron chi connectivity index (χ4n) is 3.25. The summed E-state index contributed by atoms with van der Waals surface area (Å²) < 4.78 is 59.1. The Morgan fingerprint density at radius 3 is 2.38 bits per heavy atom. The second kappa shape index (κ2) is 8.42. The lowest BCUT2D eigenvalue weighted by atomic mass is 10.1. The highest BCUT2D eigenvalue weighted by molar-refractivity contribution is 7.15. The highest BCUT2D eigenvalue weighted by Crippen LogP contribution is 2.41. The smallest absolute Gasteiger partial charge is 0.326 e. The molecule has 2 N–H and O–H groups in total. The van der Waals surface area contributed by atoms with Crippen molar-refractivity contribution in [3.8, 4) is 27.7 Å². The number of halogens is 3. The summed E-state index contributed by atoms with van der Waals surface area (Å²) in [6.07, 6.45) is 0. The van der Waals surface area contributed by atoms with Gasteiger partial charge in [-0.15, -0.1) is 11.3 Å². The van der Waals surface area contributed by atoms with Crippen molar-refractivity contribution in [2.75, 3.05) is 14.2 Å². The zero-order valence-electron chi connectivity index (χ0n) is 16.7. The quantitative estimate of drug-likeness (QED) is 0.451. The number of benzene rings is 2. The van der Waals surface area contributed by atoms with E-state index in [0.717, 1.165) is 17.4 Å². The lowest BCUT2D eigenvalue weighted by Gasteiger charge is -2.15. The molecule has 4 aromatic rings. The van der Waals surface area contributed by atoms with Crippen molar-refractivity contribution in [2.24, 2.45) is 0 Å². The van der Waals surface area contributed by atoms with Gasteiger partial charge >= 0.3 is 5.69 Å². The van der Waals surface area contributed by atoms with Crippen molar-refractivity contribution < 1.29 is 27.4 Å². The molecule has 2 heterocycles. The molecule has 4 rings (SSSR count). The highest BCUT2D eigenvalue weighted by atomic mass is 32.1. The van der Waals surface area contributed by atoms with E-state index in [-0.39, 0.29) is 44.2 Å². The van der Waals surface area contributed by atoms with Crippen LogP contribution >= 0.6 is 11.3 Å². The summed E-state index contributed by atoms with van der Waals surface area (Å²) in [6.45, 7) is -0.553. The number of rotatable bonds is 6. The number of hydrogen-bond acceptors (Lipinski definition) is 6. The molecule has 11 heteroatoms. The Bertz CT molecular complexity index is 1440. The maximum absolute atomic E-state index is 15.5. The molecule has 0 saturated heterocycles. The Labute approximate surface area is 182 Å². The Morgan fingerprint density at radius 1 is 0.938 bits per heavy atom. The maximum Gasteiger partial charge on any atom is 0.326 e. The van der Waals surface area contributed by atoms with E-state index >= 15 is 4.39 Å². The first kappa shape index (κ1) is 21.5. The van der Waals surface area contributed by atoms with E-state index in [1.807, 2.05) is 0 Å². The van der Waals surface area contributed by atoms with Crippen LogP contribution in [0.5, 0.6) is 17.2 Å². The molecule has 2 aromatic heterocycles. The minimum absolute atomic E-state index is 0.00466. The zero-order valence-corrected chi connectivity index (χ0v) is 17.5. The molecule has 0 aliphatic heterocycles.